The van der Waals surface area contributed by atoms with Crippen LogP contribution >= 0.6 is 15.9 Å². The predicted molar refractivity (Wildman–Crippen MR) is 84.3 cm³/mol. The molecule has 1 unspecified atom stereocenters. The van der Waals surface area contributed by atoms with Crippen LogP contribution in [0, 0.1) is 11.3 Å². The van der Waals surface area contributed by atoms with E-state index in [1.165, 1.54) is 6.07 Å². The molecule has 0 spiro atoms. The Hall–Kier alpha value is -0.940. The van der Waals surface area contributed by atoms with E-state index in [0.717, 1.165) is 19.4 Å². The van der Waals surface area contributed by atoms with Gasteiger partial charge in [-0.05, 0) is 37.6 Å². The van der Waals surface area contributed by atoms with Crippen LogP contribution < -0.4 is 5.32 Å². The lowest BCUT2D eigenvalue weighted by Crippen LogP contribution is -2.42. The number of rotatable bonds is 5. The second-order valence-electron chi connectivity index (χ2n) is 5.05. The number of nitrogens with zero attached hydrogens (tertiary/aromatic N) is 2. The zero-order valence-electron chi connectivity index (χ0n) is 11.8. The fourth-order valence-electron chi connectivity index (χ4n) is 2.52. The molecule has 1 aromatic carbocycles. The molecule has 114 valence electrons. The summed E-state index contributed by atoms with van der Waals surface area (Å²) in [6.45, 7) is 3.97. The molecule has 0 saturated carbocycles. The summed E-state index contributed by atoms with van der Waals surface area (Å²) in [4.78, 5) is 0.175. The zero-order chi connectivity index (χ0) is 15.5. The van der Waals surface area contributed by atoms with Crippen molar-refractivity contribution in [3.63, 3.8) is 0 Å². The second-order valence-corrected chi connectivity index (χ2v) is 7.86. The predicted octanol–water partition coefficient (Wildman–Crippen LogP) is 2.08. The van der Waals surface area contributed by atoms with Crippen LogP contribution in [0.4, 0.5) is 0 Å². The summed E-state index contributed by atoms with van der Waals surface area (Å²) in [5, 5.41) is 12.2. The number of nitriles is 1. The summed E-state index contributed by atoms with van der Waals surface area (Å²) in [5.74, 6) is 0. The molecular weight excluding hydrogens is 354 g/mol. The molecule has 7 heteroatoms. The molecule has 21 heavy (non-hydrogen) atoms. The lowest BCUT2D eigenvalue weighted by atomic mass is 10.2. The van der Waals surface area contributed by atoms with Crippen LogP contribution in [0.5, 0.6) is 0 Å². The van der Waals surface area contributed by atoms with Gasteiger partial charge in [0.2, 0.25) is 10.0 Å². The number of benzene rings is 1. The topological polar surface area (TPSA) is 73.2 Å². The number of nitrogens with one attached hydrogen (secondary N) is 1. The van der Waals surface area contributed by atoms with E-state index in [0.29, 0.717) is 23.1 Å². The monoisotopic (exact) mass is 371 g/mol. The van der Waals surface area contributed by atoms with Crippen molar-refractivity contribution in [2.24, 2.45) is 0 Å². The molecule has 1 fully saturated rings. The van der Waals surface area contributed by atoms with Crippen LogP contribution in [0.1, 0.15) is 25.3 Å². The Labute approximate surface area is 134 Å². The maximum absolute atomic E-state index is 12.9. The van der Waals surface area contributed by atoms with E-state index in [9.17, 15) is 8.42 Å². The normalized spacial score (nSPS) is 18.9. The average Bonchev–Trinajstić information content (AvgIpc) is 2.97. The number of sulfonamides is 1. The Morgan fingerprint density at radius 2 is 2.24 bits per heavy atom. The van der Waals surface area contributed by atoms with Crippen LogP contribution in [0.2, 0.25) is 0 Å². The Morgan fingerprint density at radius 3 is 2.81 bits per heavy atom. The molecule has 1 aliphatic heterocycles. The highest BCUT2D eigenvalue weighted by molar-refractivity contribution is 9.10. The van der Waals surface area contributed by atoms with E-state index in [1.807, 2.05) is 13.0 Å². The summed E-state index contributed by atoms with van der Waals surface area (Å²) >= 11 is 3.27. The van der Waals surface area contributed by atoms with Crippen LogP contribution in [-0.4, -0.2) is 38.4 Å². The first-order valence-corrected chi connectivity index (χ1v) is 9.15. The van der Waals surface area contributed by atoms with Crippen LogP contribution in [0.15, 0.2) is 27.6 Å². The van der Waals surface area contributed by atoms with Crippen molar-refractivity contribution in [3.05, 3.63) is 28.2 Å². The van der Waals surface area contributed by atoms with Gasteiger partial charge in [0.25, 0.3) is 0 Å². The molecule has 1 N–H and O–H groups in total. The van der Waals surface area contributed by atoms with Gasteiger partial charge in [0.05, 0.1) is 16.5 Å². The lowest BCUT2D eigenvalue weighted by molar-refractivity contribution is 0.335. The third-order valence-electron chi connectivity index (χ3n) is 3.49. The molecule has 0 aliphatic carbocycles. The quantitative estimate of drug-likeness (QED) is 0.859. The third kappa shape index (κ3) is 3.64. The third-order valence-corrected chi connectivity index (χ3v) is 5.88. The molecule has 1 heterocycles. The summed E-state index contributed by atoms with van der Waals surface area (Å²) < 4.78 is 28.0. The molecule has 0 radical (unpaired) electrons. The van der Waals surface area contributed by atoms with Crippen LogP contribution in [0.25, 0.3) is 0 Å². The van der Waals surface area contributed by atoms with Gasteiger partial charge in [-0.25, -0.2) is 8.42 Å². The fourth-order valence-corrected chi connectivity index (χ4v) is 4.98. The first-order chi connectivity index (χ1) is 9.98. The van der Waals surface area contributed by atoms with Crippen molar-refractivity contribution < 1.29 is 8.42 Å². The Kier molecular flexibility index (Phi) is 5.38. The minimum Gasteiger partial charge on any atom is -0.315 e. The highest BCUT2D eigenvalue weighted by Gasteiger charge is 2.32. The SMILES string of the molecule is CCCN(C1CCNC1)S(=O)(=O)c1cc(Br)cc(C#N)c1. The van der Waals surface area contributed by atoms with Gasteiger partial charge < -0.3 is 5.32 Å². The minimum atomic E-state index is -3.59. The van der Waals surface area contributed by atoms with Crippen LogP contribution in [-0.2, 0) is 10.0 Å². The maximum atomic E-state index is 12.9. The molecule has 0 bridgehead atoms. The van der Waals surface area contributed by atoms with Gasteiger partial charge in [-0.3, -0.25) is 0 Å². The van der Waals surface area contributed by atoms with E-state index < -0.39 is 10.0 Å². The molecule has 1 atom stereocenters. The second kappa shape index (κ2) is 6.88. The largest absolute Gasteiger partial charge is 0.315 e. The van der Waals surface area contributed by atoms with Gasteiger partial charge in [-0.2, -0.15) is 9.57 Å². The molecule has 2 rings (SSSR count). The minimum absolute atomic E-state index is 0.0144. The smallest absolute Gasteiger partial charge is 0.243 e. The van der Waals surface area contributed by atoms with Gasteiger partial charge >= 0.3 is 0 Å². The van der Waals surface area contributed by atoms with E-state index in [2.05, 4.69) is 21.2 Å². The Balaban J connectivity index is 2.42. The first kappa shape index (κ1) is 16.4. The highest BCUT2D eigenvalue weighted by Crippen LogP contribution is 2.25. The molecule has 0 aromatic heterocycles. The van der Waals surface area contributed by atoms with Crippen LogP contribution in [0.3, 0.4) is 0 Å². The highest BCUT2D eigenvalue weighted by atomic mass is 79.9. The van der Waals surface area contributed by atoms with E-state index in [-0.39, 0.29) is 10.9 Å². The molecule has 1 aromatic rings. The van der Waals surface area contributed by atoms with E-state index in [1.54, 1.807) is 16.4 Å². The summed E-state index contributed by atoms with van der Waals surface area (Å²) in [6, 6.07) is 6.58. The average molecular weight is 372 g/mol. The zero-order valence-corrected chi connectivity index (χ0v) is 14.2. The summed E-state index contributed by atoms with van der Waals surface area (Å²) in [7, 11) is -3.59. The number of hydrogen-bond donors (Lipinski definition) is 1. The Morgan fingerprint density at radius 1 is 1.48 bits per heavy atom. The fraction of sp³-hybridized carbons (Fsp3) is 0.500. The van der Waals surface area contributed by atoms with Crippen molar-refractivity contribution in [2.75, 3.05) is 19.6 Å². The summed E-state index contributed by atoms with van der Waals surface area (Å²) in [5.41, 5.74) is 0.337. The first-order valence-electron chi connectivity index (χ1n) is 6.92. The molecule has 1 aliphatic rings. The van der Waals surface area contributed by atoms with Gasteiger partial charge in [0, 0.05) is 23.6 Å². The lowest BCUT2D eigenvalue weighted by Gasteiger charge is -2.27. The van der Waals surface area contributed by atoms with Crippen molar-refractivity contribution in [2.45, 2.75) is 30.7 Å². The van der Waals surface area contributed by atoms with Gasteiger partial charge in [-0.15, -0.1) is 0 Å². The van der Waals surface area contributed by atoms with Gasteiger partial charge in [-0.1, -0.05) is 22.9 Å². The van der Waals surface area contributed by atoms with E-state index >= 15 is 0 Å². The Bertz CT molecular complexity index is 649. The van der Waals surface area contributed by atoms with Crippen molar-refractivity contribution in [1.82, 2.24) is 9.62 Å². The van der Waals surface area contributed by atoms with Crippen molar-refractivity contribution in [3.8, 4) is 6.07 Å². The molecule has 0 amide bonds. The van der Waals surface area contributed by atoms with Crippen molar-refractivity contribution in [1.29, 1.82) is 5.26 Å². The molecular formula is C14H18BrN3O2S. The van der Waals surface area contributed by atoms with E-state index in [4.69, 9.17) is 5.26 Å². The maximum Gasteiger partial charge on any atom is 0.243 e. The number of hydrogen-bond acceptors (Lipinski definition) is 4. The molecule has 1 saturated heterocycles. The number of halogens is 1. The standard InChI is InChI=1S/C14H18BrN3O2S/c1-2-5-18(13-3-4-17-10-13)21(19,20)14-7-11(9-16)6-12(15)8-14/h6-8,13,17H,2-5,10H2,1H3. The summed E-state index contributed by atoms with van der Waals surface area (Å²) in [6.07, 6.45) is 1.58. The van der Waals surface area contributed by atoms with Gasteiger partial charge in [0.15, 0.2) is 0 Å². The van der Waals surface area contributed by atoms with Crippen molar-refractivity contribution >= 4 is 26.0 Å². The molecule has 5 nitrogen and oxygen atoms in total. The van der Waals surface area contributed by atoms with Gasteiger partial charge in [0.1, 0.15) is 0 Å².